The summed E-state index contributed by atoms with van der Waals surface area (Å²) in [7, 11) is -3.91. The van der Waals surface area contributed by atoms with Gasteiger partial charge in [-0.25, -0.2) is 31.1 Å². The molecule has 5 rings (SSSR count). The van der Waals surface area contributed by atoms with E-state index in [0.29, 0.717) is 16.5 Å². The Labute approximate surface area is 187 Å². The first-order chi connectivity index (χ1) is 15.6. The molecule has 2 aliphatic heterocycles. The van der Waals surface area contributed by atoms with Gasteiger partial charge in [0.1, 0.15) is 17.9 Å². The number of aromatic nitrogens is 1. The van der Waals surface area contributed by atoms with Gasteiger partial charge >= 0.3 is 6.03 Å². The van der Waals surface area contributed by atoms with Crippen LogP contribution in [0.2, 0.25) is 0 Å². The summed E-state index contributed by atoms with van der Waals surface area (Å²) in [5.41, 5.74) is 1.03. The first-order valence-electron chi connectivity index (χ1n) is 10.1. The number of fused-ring (bicyclic) bond motifs is 2. The molecule has 12 heteroatoms. The molecule has 1 N–H and O–H groups in total. The smallest absolute Gasteiger partial charge is 0.326 e. The molecule has 0 aliphatic carbocycles. The van der Waals surface area contributed by atoms with Gasteiger partial charge < -0.3 is 9.42 Å². The van der Waals surface area contributed by atoms with Crippen LogP contribution in [-0.2, 0) is 10.0 Å². The number of nitrogens with zero attached hydrogens (tertiary/aromatic N) is 3. The Morgan fingerprint density at radius 3 is 2.61 bits per heavy atom. The van der Waals surface area contributed by atoms with E-state index in [9.17, 15) is 26.4 Å². The minimum Gasteiger partial charge on any atom is -0.354 e. The van der Waals surface area contributed by atoms with E-state index in [1.54, 1.807) is 36.4 Å². The summed E-state index contributed by atoms with van der Waals surface area (Å²) in [6, 6.07) is 7.11. The molecule has 0 saturated carbocycles. The third-order valence-electron chi connectivity index (χ3n) is 6.02. The lowest BCUT2D eigenvalue weighted by Crippen LogP contribution is -2.56. The maximum Gasteiger partial charge on any atom is 0.326 e. The van der Waals surface area contributed by atoms with Gasteiger partial charge in [-0.2, -0.15) is 0 Å². The van der Waals surface area contributed by atoms with Crippen molar-refractivity contribution in [3.63, 3.8) is 0 Å². The molecular formula is C21H19F3N4O4S. The summed E-state index contributed by atoms with van der Waals surface area (Å²) in [6.07, 6.45) is 0.678. The van der Waals surface area contributed by atoms with Gasteiger partial charge in [0.25, 0.3) is 5.92 Å². The van der Waals surface area contributed by atoms with E-state index in [0.717, 1.165) is 11.2 Å². The number of amides is 2. The summed E-state index contributed by atoms with van der Waals surface area (Å²) in [5, 5.41) is 4.38. The van der Waals surface area contributed by atoms with E-state index < -0.39 is 46.4 Å². The molecule has 1 aromatic heterocycles. The van der Waals surface area contributed by atoms with Gasteiger partial charge in [0, 0.05) is 18.7 Å². The number of carbonyl (C=O) groups excluding carboxylic acids is 1. The van der Waals surface area contributed by atoms with Crippen LogP contribution < -0.4 is 9.62 Å². The molecule has 0 unspecified atom stereocenters. The molecule has 2 fully saturated rings. The van der Waals surface area contributed by atoms with E-state index in [-0.39, 0.29) is 24.3 Å². The Kier molecular flexibility index (Phi) is 4.90. The highest BCUT2D eigenvalue weighted by Gasteiger charge is 2.60. The molecule has 2 amide bonds. The molecule has 3 aromatic rings. The highest BCUT2D eigenvalue weighted by molar-refractivity contribution is 7.88. The Morgan fingerprint density at radius 2 is 1.88 bits per heavy atom. The van der Waals surface area contributed by atoms with Crippen LogP contribution in [0.5, 0.6) is 0 Å². The van der Waals surface area contributed by atoms with Crippen LogP contribution in [0.25, 0.3) is 22.1 Å². The lowest BCUT2D eigenvalue weighted by atomic mass is 10.00. The highest BCUT2D eigenvalue weighted by atomic mass is 32.2. The molecule has 0 bridgehead atoms. The summed E-state index contributed by atoms with van der Waals surface area (Å²) in [6.45, 7) is -0.579. The van der Waals surface area contributed by atoms with Gasteiger partial charge in [0.15, 0.2) is 11.4 Å². The van der Waals surface area contributed by atoms with Gasteiger partial charge in [0.05, 0.1) is 11.6 Å². The van der Waals surface area contributed by atoms with Gasteiger partial charge in [-0.3, -0.25) is 4.90 Å². The average molecular weight is 480 g/mol. The second-order valence-corrected chi connectivity index (χ2v) is 9.95. The number of urea groups is 1. The predicted octanol–water partition coefficient (Wildman–Crippen LogP) is 3.20. The first-order valence-corrected chi connectivity index (χ1v) is 12.0. The van der Waals surface area contributed by atoms with Crippen molar-refractivity contribution in [3.8, 4) is 11.1 Å². The third kappa shape index (κ3) is 3.53. The molecule has 0 radical (unpaired) electrons. The normalized spacial score (nSPS) is 22.7. The van der Waals surface area contributed by atoms with Gasteiger partial charge in [-0.15, -0.1) is 0 Å². The van der Waals surface area contributed by atoms with E-state index in [2.05, 4.69) is 5.16 Å². The number of halogens is 3. The Bertz CT molecular complexity index is 1360. The molecule has 2 aliphatic rings. The Morgan fingerprint density at radius 1 is 1.15 bits per heavy atom. The molecule has 0 spiro atoms. The fourth-order valence-electron chi connectivity index (χ4n) is 4.58. The number of carbonyl (C=O) groups is 1. The van der Waals surface area contributed by atoms with Crippen LogP contribution in [0.4, 0.5) is 23.8 Å². The third-order valence-corrected chi connectivity index (χ3v) is 6.74. The van der Waals surface area contributed by atoms with Crippen molar-refractivity contribution in [1.29, 1.82) is 0 Å². The fourth-order valence-corrected chi connectivity index (χ4v) is 5.33. The number of hydrogen-bond acceptors (Lipinski definition) is 5. The second kappa shape index (κ2) is 7.45. The lowest BCUT2D eigenvalue weighted by molar-refractivity contribution is -0.0448. The van der Waals surface area contributed by atoms with Crippen LogP contribution in [0, 0.1) is 5.82 Å². The van der Waals surface area contributed by atoms with Crippen LogP contribution in [0.1, 0.15) is 6.42 Å². The van der Waals surface area contributed by atoms with Crippen molar-refractivity contribution in [3.05, 3.63) is 48.3 Å². The van der Waals surface area contributed by atoms with Crippen LogP contribution in [0.15, 0.2) is 47.0 Å². The molecule has 2 saturated heterocycles. The summed E-state index contributed by atoms with van der Waals surface area (Å²) >= 11 is 0. The summed E-state index contributed by atoms with van der Waals surface area (Å²) in [4.78, 5) is 15.4. The zero-order valence-electron chi connectivity index (χ0n) is 17.3. The number of benzene rings is 2. The maximum atomic E-state index is 14.9. The highest BCUT2D eigenvalue weighted by Crippen LogP contribution is 2.42. The van der Waals surface area contributed by atoms with Crippen LogP contribution in [0.3, 0.4) is 0 Å². The molecule has 174 valence electrons. The first kappa shape index (κ1) is 21.7. The standard InChI is InChI=1S/C21H19F3N4O4S/c1-33(30,31)26-16-11-28-17(21(16,23)24)9-10-27(20(28)29)19-18-13(6-4-8-15(18)32-25-19)12-5-2-3-7-14(12)22/h2-8,16-17,26H,9-11H2,1H3/t16-,17-/m1/s1. The average Bonchev–Trinajstić information content (AvgIpc) is 3.28. The molecule has 8 nitrogen and oxygen atoms in total. The quantitative estimate of drug-likeness (QED) is 0.619. The van der Waals surface area contributed by atoms with E-state index >= 15 is 0 Å². The minimum absolute atomic E-state index is 0.0889. The molecule has 3 heterocycles. The lowest BCUT2D eigenvalue weighted by Gasteiger charge is -2.37. The van der Waals surface area contributed by atoms with Crippen molar-refractivity contribution in [2.24, 2.45) is 0 Å². The predicted molar refractivity (Wildman–Crippen MR) is 114 cm³/mol. The number of anilines is 1. The second-order valence-electron chi connectivity index (χ2n) is 8.17. The van der Waals surface area contributed by atoms with Crippen LogP contribution >= 0.6 is 0 Å². The fraction of sp³-hybridized carbons (Fsp3) is 0.333. The Balaban J connectivity index is 1.54. The monoisotopic (exact) mass is 480 g/mol. The summed E-state index contributed by atoms with van der Waals surface area (Å²) < 4.78 is 74.7. The number of alkyl halides is 2. The molecule has 2 atom stereocenters. The molecule has 2 aromatic carbocycles. The minimum atomic E-state index is -3.91. The van der Waals surface area contributed by atoms with Crippen molar-refractivity contribution < 1.29 is 30.9 Å². The van der Waals surface area contributed by atoms with E-state index in [1.165, 1.54) is 11.0 Å². The topological polar surface area (TPSA) is 95.8 Å². The van der Waals surface area contributed by atoms with Crippen LogP contribution in [-0.4, -0.2) is 61.9 Å². The SMILES string of the molecule is CS(=O)(=O)N[C@@H]1CN2C(=O)N(c3noc4cccc(-c5ccccc5F)c34)CC[C@@H]2C1(F)F. The van der Waals surface area contributed by atoms with E-state index in [1.807, 2.05) is 4.72 Å². The largest absolute Gasteiger partial charge is 0.354 e. The Hall–Kier alpha value is -3.12. The van der Waals surface area contributed by atoms with Crippen molar-refractivity contribution in [1.82, 2.24) is 14.8 Å². The molecule has 33 heavy (non-hydrogen) atoms. The van der Waals surface area contributed by atoms with Crippen molar-refractivity contribution in [2.45, 2.75) is 24.4 Å². The number of nitrogens with one attached hydrogen (secondary N) is 1. The summed E-state index contributed by atoms with van der Waals surface area (Å²) in [5.74, 6) is -3.82. The number of sulfonamides is 1. The maximum absolute atomic E-state index is 14.9. The zero-order valence-corrected chi connectivity index (χ0v) is 18.2. The van der Waals surface area contributed by atoms with Crippen molar-refractivity contribution in [2.75, 3.05) is 24.2 Å². The number of rotatable bonds is 4. The molecular weight excluding hydrogens is 461 g/mol. The van der Waals surface area contributed by atoms with Gasteiger partial charge in [0.2, 0.25) is 10.0 Å². The zero-order chi connectivity index (χ0) is 23.5. The number of hydrogen-bond donors (Lipinski definition) is 1. The van der Waals surface area contributed by atoms with Crippen molar-refractivity contribution >= 4 is 32.8 Å². The van der Waals surface area contributed by atoms with Gasteiger partial charge in [-0.1, -0.05) is 35.5 Å². The van der Waals surface area contributed by atoms with E-state index in [4.69, 9.17) is 4.52 Å². The van der Waals surface area contributed by atoms with Gasteiger partial charge in [-0.05, 0) is 24.1 Å².